The summed E-state index contributed by atoms with van der Waals surface area (Å²) >= 11 is 0. The summed E-state index contributed by atoms with van der Waals surface area (Å²) in [5.74, 6) is -1.31. The third-order valence-electron chi connectivity index (χ3n) is 1.71. The van der Waals surface area contributed by atoms with E-state index in [1.165, 1.54) is 0 Å². The van der Waals surface area contributed by atoms with Crippen molar-refractivity contribution in [2.24, 2.45) is 0 Å². The molecule has 0 aliphatic rings. The van der Waals surface area contributed by atoms with Crippen molar-refractivity contribution in [3.05, 3.63) is 33.9 Å². The van der Waals surface area contributed by atoms with Crippen molar-refractivity contribution in [2.75, 3.05) is 0 Å². The second-order valence-corrected chi connectivity index (χ2v) is 2.99. The van der Waals surface area contributed by atoms with Gasteiger partial charge in [-0.3, -0.25) is 10.1 Å². The summed E-state index contributed by atoms with van der Waals surface area (Å²) in [5, 5.41) is 10.4. The molecule has 1 aromatic carbocycles. The number of alkyl halides is 6. The van der Waals surface area contributed by atoms with Crippen molar-refractivity contribution < 1.29 is 36.0 Å². The number of halogens is 6. The van der Waals surface area contributed by atoms with Crippen LogP contribution in [0.4, 0.5) is 32.0 Å². The second kappa shape index (κ2) is 4.35. The third kappa shape index (κ3) is 3.50. The minimum atomic E-state index is -5.23. The smallest absolute Gasteiger partial charge is 0.398 e. The first kappa shape index (κ1) is 14.1. The van der Waals surface area contributed by atoms with E-state index in [2.05, 4.69) is 4.74 Å². The summed E-state index contributed by atoms with van der Waals surface area (Å²) in [6.07, 6.45) is -10.1. The van der Waals surface area contributed by atoms with E-state index < -0.39 is 34.5 Å². The standard InChI is InChI=1S/C8H3F6NO3/c9-7(10,11)4-1-2-6(18-8(12,13)14)5(3-4)15(16)17/h1-3H. The second-order valence-electron chi connectivity index (χ2n) is 2.99. The number of hydrogen-bond acceptors (Lipinski definition) is 3. The molecule has 0 bridgehead atoms. The topological polar surface area (TPSA) is 52.4 Å². The maximum atomic E-state index is 12.2. The lowest BCUT2D eigenvalue weighted by Gasteiger charge is -2.11. The predicted molar refractivity (Wildman–Crippen MR) is 44.8 cm³/mol. The molecule has 0 aliphatic carbocycles. The lowest BCUT2D eigenvalue weighted by atomic mass is 10.2. The van der Waals surface area contributed by atoms with Gasteiger partial charge in [-0.2, -0.15) is 13.2 Å². The predicted octanol–water partition coefficient (Wildman–Crippen LogP) is 3.51. The van der Waals surface area contributed by atoms with Crippen LogP contribution in [0.25, 0.3) is 0 Å². The van der Waals surface area contributed by atoms with Crippen molar-refractivity contribution in [3.63, 3.8) is 0 Å². The zero-order valence-corrected chi connectivity index (χ0v) is 8.17. The lowest BCUT2D eigenvalue weighted by molar-refractivity contribution is -0.388. The summed E-state index contributed by atoms with van der Waals surface area (Å²) in [4.78, 5) is 8.99. The minimum absolute atomic E-state index is 0.0267. The monoisotopic (exact) mass is 275 g/mol. The van der Waals surface area contributed by atoms with Gasteiger partial charge in [-0.1, -0.05) is 0 Å². The van der Waals surface area contributed by atoms with Gasteiger partial charge < -0.3 is 4.74 Å². The number of hydrogen-bond donors (Lipinski definition) is 0. The summed E-state index contributed by atoms with van der Waals surface area (Å²) in [5.41, 5.74) is -2.86. The van der Waals surface area contributed by atoms with Crippen LogP contribution in [0.15, 0.2) is 18.2 Å². The normalized spacial score (nSPS) is 12.3. The highest BCUT2D eigenvalue weighted by molar-refractivity contribution is 5.49. The number of benzene rings is 1. The molecule has 0 spiro atoms. The molecule has 0 atom stereocenters. The number of nitrogens with zero attached hydrogens (tertiary/aromatic N) is 1. The number of ether oxygens (including phenoxy) is 1. The molecule has 10 heteroatoms. The zero-order chi connectivity index (χ0) is 14.1. The van der Waals surface area contributed by atoms with Crippen LogP contribution in [-0.4, -0.2) is 11.3 Å². The summed E-state index contributed by atoms with van der Waals surface area (Å²) in [7, 11) is 0. The Morgan fingerprint density at radius 2 is 1.67 bits per heavy atom. The van der Waals surface area contributed by atoms with Crippen LogP contribution >= 0.6 is 0 Å². The molecule has 0 heterocycles. The molecule has 4 nitrogen and oxygen atoms in total. The summed E-state index contributed by atoms with van der Waals surface area (Å²) in [6.45, 7) is 0. The summed E-state index contributed by atoms with van der Waals surface area (Å²) in [6, 6.07) is 0.476. The molecule has 0 saturated carbocycles. The Labute approximate surface area is 94.9 Å². The van der Waals surface area contributed by atoms with E-state index in [4.69, 9.17) is 0 Å². The number of nitro benzene ring substituents is 1. The van der Waals surface area contributed by atoms with Crippen LogP contribution in [0, 0.1) is 10.1 Å². The molecular formula is C8H3F6NO3. The van der Waals surface area contributed by atoms with E-state index in [0.29, 0.717) is 0 Å². The van der Waals surface area contributed by atoms with Gasteiger partial charge in [0.15, 0.2) is 0 Å². The van der Waals surface area contributed by atoms with E-state index in [9.17, 15) is 36.5 Å². The SMILES string of the molecule is O=[N+]([O-])c1cc(C(F)(F)F)ccc1OC(F)(F)F. The molecule has 0 aliphatic heterocycles. The van der Waals surface area contributed by atoms with Gasteiger partial charge in [0.25, 0.3) is 0 Å². The molecule has 0 N–H and O–H groups in total. The largest absolute Gasteiger partial charge is 0.573 e. The van der Waals surface area contributed by atoms with Gasteiger partial charge in [0.1, 0.15) is 0 Å². The van der Waals surface area contributed by atoms with Crippen LogP contribution in [0.2, 0.25) is 0 Å². The average molecular weight is 275 g/mol. The first-order valence-electron chi connectivity index (χ1n) is 4.12. The molecule has 0 radical (unpaired) electrons. The van der Waals surface area contributed by atoms with Crippen LogP contribution in [0.5, 0.6) is 5.75 Å². The Morgan fingerprint density at radius 3 is 2.06 bits per heavy atom. The number of rotatable bonds is 2. The van der Waals surface area contributed by atoms with Crippen molar-refractivity contribution in [2.45, 2.75) is 12.5 Å². The molecule has 0 aromatic heterocycles. The van der Waals surface area contributed by atoms with E-state index in [1.54, 1.807) is 0 Å². The van der Waals surface area contributed by atoms with Gasteiger partial charge in [0, 0.05) is 6.07 Å². The van der Waals surface area contributed by atoms with Crippen LogP contribution in [0.1, 0.15) is 5.56 Å². The molecule has 0 saturated heterocycles. The molecule has 0 unspecified atom stereocenters. The highest BCUT2D eigenvalue weighted by Gasteiger charge is 2.37. The van der Waals surface area contributed by atoms with Crippen molar-refractivity contribution in [1.29, 1.82) is 0 Å². The van der Waals surface area contributed by atoms with Gasteiger partial charge in [-0.25, -0.2) is 0 Å². The van der Waals surface area contributed by atoms with Crippen molar-refractivity contribution in [1.82, 2.24) is 0 Å². The third-order valence-corrected chi connectivity index (χ3v) is 1.71. The Hall–Kier alpha value is -2.00. The Kier molecular flexibility index (Phi) is 3.40. The Morgan fingerprint density at radius 1 is 1.11 bits per heavy atom. The maximum Gasteiger partial charge on any atom is 0.573 e. The van der Waals surface area contributed by atoms with E-state index >= 15 is 0 Å². The average Bonchev–Trinajstić information content (AvgIpc) is 2.13. The van der Waals surface area contributed by atoms with Gasteiger partial charge >= 0.3 is 18.2 Å². The molecule has 18 heavy (non-hydrogen) atoms. The highest BCUT2D eigenvalue weighted by Crippen LogP contribution is 2.37. The first-order chi connectivity index (χ1) is 8.00. The maximum absolute atomic E-state index is 12.2. The molecule has 1 aromatic rings. The highest BCUT2D eigenvalue weighted by atomic mass is 19.4. The summed E-state index contributed by atoms with van der Waals surface area (Å²) < 4.78 is 75.5. The van der Waals surface area contributed by atoms with Crippen LogP contribution < -0.4 is 4.74 Å². The Balaban J connectivity index is 3.26. The molecule has 1 rings (SSSR count). The zero-order valence-electron chi connectivity index (χ0n) is 8.17. The Bertz CT molecular complexity index is 467. The van der Waals surface area contributed by atoms with E-state index in [-0.39, 0.29) is 18.2 Å². The fraction of sp³-hybridized carbons (Fsp3) is 0.250. The van der Waals surface area contributed by atoms with Gasteiger partial charge in [0.05, 0.1) is 10.5 Å². The van der Waals surface area contributed by atoms with Crippen LogP contribution in [-0.2, 0) is 6.18 Å². The van der Waals surface area contributed by atoms with Gasteiger partial charge in [-0.15, -0.1) is 13.2 Å². The van der Waals surface area contributed by atoms with Gasteiger partial charge in [0.2, 0.25) is 5.75 Å². The van der Waals surface area contributed by atoms with Crippen molar-refractivity contribution >= 4 is 5.69 Å². The minimum Gasteiger partial charge on any atom is -0.398 e. The van der Waals surface area contributed by atoms with Crippen LogP contribution in [0.3, 0.4) is 0 Å². The molecule has 0 fully saturated rings. The van der Waals surface area contributed by atoms with Gasteiger partial charge in [-0.05, 0) is 12.1 Å². The van der Waals surface area contributed by atoms with E-state index in [1.807, 2.05) is 0 Å². The van der Waals surface area contributed by atoms with E-state index in [0.717, 1.165) is 0 Å². The molecule has 0 amide bonds. The first-order valence-corrected chi connectivity index (χ1v) is 4.12. The fourth-order valence-electron chi connectivity index (χ4n) is 1.05. The molecular weight excluding hydrogens is 272 g/mol. The van der Waals surface area contributed by atoms with Crippen molar-refractivity contribution in [3.8, 4) is 5.75 Å². The quantitative estimate of drug-likeness (QED) is 0.471. The molecule has 100 valence electrons. The lowest BCUT2D eigenvalue weighted by Crippen LogP contribution is -2.18. The fourth-order valence-corrected chi connectivity index (χ4v) is 1.05. The number of nitro groups is 1.